The van der Waals surface area contributed by atoms with Crippen molar-refractivity contribution in [3.63, 3.8) is 0 Å². The monoisotopic (exact) mass is 480 g/mol. The molecule has 0 aromatic carbocycles. The molecule has 10 nitrogen and oxygen atoms in total. The number of allylic oxidation sites excluding steroid dienone is 1. The highest BCUT2D eigenvalue weighted by Gasteiger charge is 2.58. The highest BCUT2D eigenvalue weighted by Crippen LogP contribution is 2.48. The van der Waals surface area contributed by atoms with Crippen molar-refractivity contribution in [3.8, 4) is 0 Å². The Morgan fingerprint density at radius 2 is 1.88 bits per heavy atom. The van der Waals surface area contributed by atoms with Crippen LogP contribution in [0.15, 0.2) is 23.8 Å². The van der Waals surface area contributed by atoms with Gasteiger partial charge in [-0.2, -0.15) is 0 Å². The van der Waals surface area contributed by atoms with Crippen LogP contribution in [0.5, 0.6) is 0 Å². The van der Waals surface area contributed by atoms with E-state index in [4.69, 9.17) is 23.7 Å². The molecule has 0 saturated carbocycles. The van der Waals surface area contributed by atoms with Crippen LogP contribution in [0.4, 0.5) is 0 Å². The molecule has 0 aliphatic carbocycles. The zero-order valence-electron chi connectivity index (χ0n) is 19.9. The molecule has 0 amide bonds. The van der Waals surface area contributed by atoms with E-state index in [0.717, 1.165) is 0 Å². The number of carbonyl (C=O) groups is 4. The molecule has 2 bridgehead atoms. The molecule has 3 rings (SSSR count). The Kier molecular flexibility index (Phi) is 7.82. The van der Waals surface area contributed by atoms with Gasteiger partial charge in [-0.15, -0.1) is 0 Å². The van der Waals surface area contributed by atoms with Gasteiger partial charge in [0.25, 0.3) is 0 Å². The number of aliphatic hydroxyl groups is 1. The van der Waals surface area contributed by atoms with Crippen molar-refractivity contribution in [3.05, 3.63) is 23.8 Å². The first-order valence-electron chi connectivity index (χ1n) is 11.3. The zero-order chi connectivity index (χ0) is 25.2. The number of hydrogen-bond acceptors (Lipinski definition) is 10. The summed E-state index contributed by atoms with van der Waals surface area (Å²) in [6.45, 7) is 9.28. The fraction of sp³-hybridized carbons (Fsp3) is 0.667. The first-order valence-corrected chi connectivity index (χ1v) is 11.3. The minimum Gasteiger partial charge on any atom is -0.462 e. The van der Waals surface area contributed by atoms with Gasteiger partial charge >= 0.3 is 23.9 Å². The first kappa shape index (κ1) is 25.9. The maximum atomic E-state index is 12.9. The van der Waals surface area contributed by atoms with Gasteiger partial charge in [-0.1, -0.05) is 12.7 Å². The molecule has 1 N–H and O–H groups in total. The molecule has 3 aliphatic heterocycles. The fourth-order valence-corrected chi connectivity index (χ4v) is 5.02. The standard InChI is InChI=1S/C24H32O10/c1-6-15(11-30-13(3)26)23(29)32-18-9-24(5)8-7-17(31-14(4)27)16(10-25)20(34-24)21-19(18)12(2)22(28)33-21/h6,16-21,25H,2,7-11H2,1,3-5H3/b15-6-/t16-,17-,18+,19+,20?,21-,24?/m0/s1. The molecule has 2 unspecified atom stereocenters. The van der Waals surface area contributed by atoms with Gasteiger partial charge in [0.05, 0.1) is 23.7 Å². The van der Waals surface area contributed by atoms with Gasteiger partial charge in [-0.3, -0.25) is 9.59 Å². The van der Waals surface area contributed by atoms with Crippen LogP contribution in [-0.4, -0.2) is 72.2 Å². The van der Waals surface area contributed by atoms with E-state index in [0.29, 0.717) is 12.8 Å². The number of esters is 4. The van der Waals surface area contributed by atoms with Crippen LogP contribution < -0.4 is 0 Å². The van der Waals surface area contributed by atoms with Crippen molar-refractivity contribution in [2.75, 3.05) is 13.2 Å². The topological polar surface area (TPSA) is 135 Å². The predicted octanol–water partition coefficient (Wildman–Crippen LogP) is 1.39. The van der Waals surface area contributed by atoms with Gasteiger partial charge in [-0.05, 0) is 26.7 Å². The second-order valence-electron chi connectivity index (χ2n) is 9.23. The molecule has 34 heavy (non-hydrogen) atoms. The second kappa shape index (κ2) is 10.3. The summed E-state index contributed by atoms with van der Waals surface area (Å²) < 4.78 is 28.3. The molecule has 0 aromatic heterocycles. The zero-order valence-corrected chi connectivity index (χ0v) is 19.9. The van der Waals surface area contributed by atoms with Crippen LogP contribution in [0.1, 0.15) is 47.0 Å². The molecule has 3 aliphatic rings. The predicted molar refractivity (Wildman–Crippen MR) is 116 cm³/mol. The van der Waals surface area contributed by atoms with Gasteiger partial charge in [0, 0.05) is 31.8 Å². The third-order valence-corrected chi connectivity index (χ3v) is 6.72. The largest absolute Gasteiger partial charge is 0.462 e. The number of rotatable bonds is 6. The van der Waals surface area contributed by atoms with E-state index < -0.39 is 65.7 Å². The summed E-state index contributed by atoms with van der Waals surface area (Å²) in [4.78, 5) is 48.3. The third kappa shape index (κ3) is 5.33. The van der Waals surface area contributed by atoms with E-state index in [1.54, 1.807) is 6.92 Å². The molecule has 10 heteroatoms. The number of ether oxygens (including phenoxy) is 5. The van der Waals surface area contributed by atoms with E-state index in [1.165, 1.54) is 19.9 Å². The van der Waals surface area contributed by atoms with E-state index in [9.17, 15) is 24.3 Å². The lowest BCUT2D eigenvalue weighted by atomic mass is 9.78. The normalized spacial score (nSPS) is 35.4. The van der Waals surface area contributed by atoms with Crippen molar-refractivity contribution in [2.24, 2.45) is 11.8 Å². The number of hydrogen-bond donors (Lipinski definition) is 1. The summed E-state index contributed by atoms with van der Waals surface area (Å²) in [6.07, 6.45) is -0.549. The molecule has 3 fully saturated rings. The smallest absolute Gasteiger partial charge is 0.337 e. The number of carbonyl (C=O) groups excluding carboxylic acids is 4. The maximum Gasteiger partial charge on any atom is 0.337 e. The summed E-state index contributed by atoms with van der Waals surface area (Å²) in [7, 11) is 0. The number of aliphatic hydroxyl groups excluding tert-OH is 1. The van der Waals surface area contributed by atoms with Crippen LogP contribution >= 0.6 is 0 Å². The highest BCUT2D eigenvalue weighted by atomic mass is 16.6. The highest BCUT2D eigenvalue weighted by molar-refractivity contribution is 5.92. The van der Waals surface area contributed by atoms with Crippen LogP contribution in [0.2, 0.25) is 0 Å². The van der Waals surface area contributed by atoms with Crippen molar-refractivity contribution in [1.82, 2.24) is 0 Å². The second-order valence-corrected chi connectivity index (χ2v) is 9.23. The Hall–Kier alpha value is -2.72. The summed E-state index contributed by atoms with van der Waals surface area (Å²) in [5.74, 6) is -3.71. The van der Waals surface area contributed by atoms with Crippen LogP contribution in [-0.2, 0) is 42.9 Å². The van der Waals surface area contributed by atoms with E-state index in [-0.39, 0.29) is 30.8 Å². The Labute approximate surface area is 198 Å². The molecule has 7 atom stereocenters. The van der Waals surface area contributed by atoms with Gasteiger partial charge in [0.15, 0.2) is 0 Å². The summed E-state index contributed by atoms with van der Waals surface area (Å²) in [6, 6.07) is 0. The average Bonchev–Trinajstić information content (AvgIpc) is 2.89. The molecular weight excluding hydrogens is 448 g/mol. The lowest BCUT2D eigenvalue weighted by Crippen LogP contribution is -2.47. The molecule has 3 saturated heterocycles. The molecule has 188 valence electrons. The van der Waals surface area contributed by atoms with Crippen molar-refractivity contribution < 1.29 is 48.0 Å². The minimum absolute atomic E-state index is 0.143. The van der Waals surface area contributed by atoms with Gasteiger partial charge in [-0.25, -0.2) is 9.59 Å². The molecule has 0 spiro atoms. The molecule has 0 aromatic rings. The van der Waals surface area contributed by atoms with Crippen LogP contribution in [0, 0.1) is 11.8 Å². The fourth-order valence-electron chi connectivity index (χ4n) is 5.02. The van der Waals surface area contributed by atoms with Crippen LogP contribution in [0.3, 0.4) is 0 Å². The SMILES string of the molecule is C=C1C(=O)O[C@@H]2C3OC(C)(CC[C@H](OC(C)=O)[C@@H]3CO)C[C@@H](OC(=O)/C(=C\C)COC(C)=O)[C@@H]12. The lowest BCUT2D eigenvalue weighted by Gasteiger charge is -2.34. The molecule has 0 radical (unpaired) electrons. The molecular formula is C24H32O10. The summed E-state index contributed by atoms with van der Waals surface area (Å²) in [5.41, 5.74) is -0.522. The quantitative estimate of drug-likeness (QED) is 0.337. The average molecular weight is 481 g/mol. The Bertz CT molecular complexity index is 892. The van der Waals surface area contributed by atoms with E-state index in [1.807, 2.05) is 6.92 Å². The van der Waals surface area contributed by atoms with Gasteiger partial charge < -0.3 is 28.8 Å². The number of fused-ring (bicyclic) bond motifs is 4. The minimum atomic E-state index is -0.893. The first-order chi connectivity index (χ1) is 16.0. The van der Waals surface area contributed by atoms with Gasteiger partial charge in [0.2, 0.25) is 0 Å². The Morgan fingerprint density at radius 3 is 2.47 bits per heavy atom. The van der Waals surface area contributed by atoms with Gasteiger partial charge in [0.1, 0.15) is 31.0 Å². The Morgan fingerprint density at radius 1 is 1.18 bits per heavy atom. The Balaban J connectivity index is 1.94. The van der Waals surface area contributed by atoms with Crippen molar-refractivity contribution >= 4 is 23.9 Å². The molecule has 3 heterocycles. The van der Waals surface area contributed by atoms with Crippen molar-refractivity contribution in [2.45, 2.75) is 77.0 Å². The lowest BCUT2D eigenvalue weighted by molar-refractivity contribution is -0.174. The summed E-state index contributed by atoms with van der Waals surface area (Å²) in [5, 5.41) is 10.2. The van der Waals surface area contributed by atoms with E-state index in [2.05, 4.69) is 6.58 Å². The van der Waals surface area contributed by atoms with E-state index >= 15 is 0 Å². The van der Waals surface area contributed by atoms with Crippen LogP contribution in [0.25, 0.3) is 0 Å². The summed E-state index contributed by atoms with van der Waals surface area (Å²) >= 11 is 0. The maximum absolute atomic E-state index is 12.9. The van der Waals surface area contributed by atoms with Crippen molar-refractivity contribution in [1.29, 1.82) is 0 Å². The third-order valence-electron chi connectivity index (χ3n) is 6.72.